The van der Waals surface area contributed by atoms with E-state index in [0.29, 0.717) is 5.82 Å². The zero-order chi connectivity index (χ0) is 14.9. The van der Waals surface area contributed by atoms with E-state index in [-0.39, 0.29) is 24.8 Å². The first-order valence-electron chi connectivity index (χ1n) is 6.42. The fourth-order valence-electron chi connectivity index (χ4n) is 2.15. The molecule has 2 aromatic rings. The van der Waals surface area contributed by atoms with Crippen LogP contribution in [0.3, 0.4) is 0 Å². The highest BCUT2D eigenvalue weighted by Gasteiger charge is 2.42. The van der Waals surface area contributed by atoms with Gasteiger partial charge >= 0.3 is 0 Å². The Morgan fingerprint density at radius 3 is 2.61 bits per heavy atom. The summed E-state index contributed by atoms with van der Waals surface area (Å²) in [6, 6.07) is 4.23. The van der Waals surface area contributed by atoms with Crippen LogP contribution in [0, 0.1) is 0 Å². The third kappa shape index (κ3) is 4.60. The van der Waals surface area contributed by atoms with Crippen molar-refractivity contribution in [2.24, 2.45) is 0 Å². The molecule has 10 heteroatoms. The quantitative estimate of drug-likeness (QED) is 0.872. The standard InChI is InChI=1S/C13H13F2N5O.2ClH/c14-13(15)7-10(17-8-13)12(21)18-11-3-6-20(19-11)9-1-4-16-5-2-9;;/h1-6,10,17H,7-8H2,(H,18,19,21);2*1H. The second-order valence-corrected chi connectivity index (χ2v) is 4.83. The molecule has 0 aromatic carbocycles. The van der Waals surface area contributed by atoms with Crippen molar-refractivity contribution < 1.29 is 13.6 Å². The van der Waals surface area contributed by atoms with Crippen LogP contribution in [0.5, 0.6) is 0 Å². The van der Waals surface area contributed by atoms with Gasteiger partial charge in [-0.3, -0.25) is 15.1 Å². The molecule has 0 bridgehead atoms. The zero-order valence-electron chi connectivity index (χ0n) is 11.8. The van der Waals surface area contributed by atoms with Gasteiger partial charge < -0.3 is 5.32 Å². The maximum atomic E-state index is 13.1. The zero-order valence-corrected chi connectivity index (χ0v) is 13.4. The minimum Gasteiger partial charge on any atom is -0.308 e. The molecule has 1 aliphatic heterocycles. The number of carbonyl (C=O) groups excluding carboxylic acids is 1. The van der Waals surface area contributed by atoms with Crippen molar-refractivity contribution >= 4 is 36.5 Å². The lowest BCUT2D eigenvalue weighted by Gasteiger charge is -2.09. The number of hydrogen-bond donors (Lipinski definition) is 2. The number of aromatic nitrogens is 3. The van der Waals surface area contributed by atoms with Crippen LogP contribution >= 0.6 is 24.8 Å². The van der Waals surface area contributed by atoms with Crippen molar-refractivity contribution in [3.05, 3.63) is 36.8 Å². The average molecular weight is 366 g/mol. The van der Waals surface area contributed by atoms with Gasteiger partial charge in [-0.25, -0.2) is 13.5 Å². The van der Waals surface area contributed by atoms with Gasteiger partial charge in [0.15, 0.2) is 5.82 Å². The smallest absolute Gasteiger partial charge is 0.262 e. The highest BCUT2D eigenvalue weighted by atomic mass is 35.5. The van der Waals surface area contributed by atoms with Crippen LogP contribution in [0.4, 0.5) is 14.6 Å². The number of halogens is 4. The van der Waals surface area contributed by atoms with Gasteiger partial charge in [0.05, 0.1) is 18.3 Å². The number of pyridine rings is 1. The summed E-state index contributed by atoms with van der Waals surface area (Å²) in [6.07, 6.45) is 4.42. The molecule has 0 aliphatic carbocycles. The monoisotopic (exact) mass is 365 g/mol. The van der Waals surface area contributed by atoms with E-state index in [2.05, 4.69) is 20.7 Å². The Morgan fingerprint density at radius 1 is 1.30 bits per heavy atom. The number of amides is 1. The van der Waals surface area contributed by atoms with Crippen LogP contribution in [0.15, 0.2) is 36.8 Å². The number of carbonyl (C=O) groups is 1. The van der Waals surface area contributed by atoms with E-state index in [4.69, 9.17) is 0 Å². The van der Waals surface area contributed by atoms with E-state index in [0.717, 1.165) is 5.69 Å². The fourth-order valence-corrected chi connectivity index (χ4v) is 2.15. The van der Waals surface area contributed by atoms with Crippen molar-refractivity contribution in [3.8, 4) is 5.69 Å². The van der Waals surface area contributed by atoms with Gasteiger partial charge in [-0.2, -0.15) is 5.10 Å². The molecular formula is C13H15Cl2F2N5O. The lowest BCUT2D eigenvalue weighted by atomic mass is 10.2. The number of nitrogens with one attached hydrogen (secondary N) is 2. The van der Waals surface area contributed by atoms with Gasteiger partial charge in [0.2, 0.25) is 5.91 Å². The molecule has 0 spiro atoms. The number of alkyl halides is 2. The molecule has 1 aliphatic rings. The van der Waals surface area contributed by atoms with Crippen molar-refractivity contribution in [3.63, 3.8) is 0 Å². The Kier molecular flexibility index (Phi) is 6.43. The minimum absolute atomic E-state index is 0. The molecule has 1 fully saturated rings. The Morgan fingerprint density at radius 2 is 2.00 bits per heavy atom. The molecule has 1 unspecified atom stereocenters. The molecule has 1 saturated heterocycles. The number of hydrogen-bond acceptors (Lipinski definition) is 4. The first-order chi connectivity index (χ1) is 10.0. The molecule has 1 atom stereocenters. The van der Waals surface area contributed by atoms with Crippen molar-refractivity contribution in [1.29, 1.82) is 0 Å². The van der Waals surface area contributed by atoms with Crippen LogP contribution in [-0.4, -0.2) is 39.2 Å². The summed E-state index contributed by atoms with van der Waals surface area (Å²) < 4.78 is 27.7. The largest absolute Gasteiger partial charge is 0.308 e. The molecule has 3 rings (SSSR count). The third-order valence-corrected chi connectivity index (χ3v) is 3.19. The first kappa shape index (κ1) is 19.3. The van der Waals surface area contributed by atoms with Crippen LogP contribution < -0.4 is 10.6 Å². The number of nitrogens with zero attached hydrogens (tertiary/aromatic N) is 3. The molecule has 2 aromatic heterocycles. The molecule has 2 N–H and O–H groups in total. The Bertz CT molecular complexity index is 653. The number of rotatable bonds is 3. The van der Waals surface area contributed by atoms with Gasteiger partial charge in [0, 0.05) is 31.1 Å². The van der Waals surface area contributed by atoms with Crippen molar-refractivity contribution in [2.45, 2.75) is 18.4 Å². The molecule has 0 saturated carbocycles. The Balaban J connectivity index is 0.00000132. The summed E-state index contributed by atoms with van der Waals surface area (Å²) in [4.78, 5) is 15.8. The lowest BCUT2D eigenvalue weighted by molar-refractivity contribution is -0.118. The maximum Gasteiger partial charge on any atom is 0.262 e. The van der Waals surface area contributed by atoms with E-state index in [1.807, 2.05) is 0 Å². The molecule has 23 heavy (non-hydrogen) atoms. The fraction of sp³-hybridized carbons (Fsp3) is 0.308. The van der Waals surface area contributed by atoms with E-state index >= 15 is 0 Å². The summed E-state index contributed by atoms with van der Waals surface area (Å²) in [6.45, 7) is -0.476. The molecule has 126 valence electrons. The van der Waals surface area contributed by atoms with Gasteiger partial charge in [-0.05, 0) is 12.1 Å². The van der Waals surface area contributed by atoms with E-state index in [9.17, 15) is 13.6 Å². The van der Waals surface area contributed by atoms with Crippen LogP contribution in [0.2, 0.25) is 0 Å². The summed E-state index contributed by atoms with van der Waals surface area (Å²) in [5.74, 6) is -3.03. The minimum atomic E-state index is -2.83. The van der Waals surface area contributed by atoms with Gasteiger partial charge in [-0.1, -0.05) is 0 Å². The van der Waals surface area contributed by atoms with Gasteiger partial charge in [-0.15, -0.1) is 24.8 Å². The van der Waals surface area contributed by atoms with Crippen molar-refractivity contribution in [1.82, 2.24) is 20.1 Å². The predicted molar refractivity (Wildman–Crippen MR) is 85.8 cm³/mol. The normalized spacial score (nSPS) is 18.6. The molecule has 0 radical (unpaired) electrons. The summed E-state index contributed by atoms with van der Waals surface area (Å²) >= 11 is 0. The molecular weight excluding hydrogens is 351 g/mol. The topological polar surface area (TPSA) is 71.8 Å². The summed E-state index contributed by atoms with van der Waals surface area (Å²) in [5, 5.41) is 9.20. The number of anilines is 1. The summed E-state index contributed by atoms with van der Waals surface area (Å²) in [5.41, 5.74) is 0.788. The maximum absolute atomic E-state index is 13.1. The average Bonchev–Trinajstić information content (AvgIpc) is 3.06. The van der Waals surface area contributed by atoms with E-state index in [1.165, 1.54) is 0 Å². The molecule has 6 nitrogen and oxygen atoms in total. The Hall–Kier alpha value is -1.77. The van der Waals surface area contributed by atoms with Crippen LogP contribution in [0.1, 0.15) is 6.42 Å². The second-order valence-electron chi connectivity index (χ2n) is 4.83. The third-order valence-electron chi connectivity index (χ3n) is 3.19. The molecule has 1 amide bonds. The van der Waals surface area contributed by atoms with Crippen LogP contribution in [0.25, 0.3) is 5.69 Å². The van der Waals surface area contributed by atoms with E-state index in [1.54, 1.807) is 41.5 Å². The van der Waals surface area contributed by atoms with Gasteiger partial charge in [0.25, 0.3) is 5.92 Å². The highest BCUT2D eigenvalue weighted by molar-refractivity contribution is 5.94. The highest BCUT2D eigenvalue weighted by Crippen LogP contribution is 2.25. The Labute approximate surface area is 143 Å². The first-order valence-corrected chi connectivity index (χ1v) is 6.42. The van der Waals surface area contributed by atoms with Gasteiger partial charge in [0.1, 0.15) is 0 Å². The second kappa shape index (κ2) is 7.67. The van der Waals surface area contributed by atoms with E-state index < -0.39 is 30.8 Å². The van der Waals surface area contributed by atoms with Crippen LogP contribution in [-0.2, 0) is 4.79 Å². The SMILES string of the molecule is Cl.Cl.O=C(Nc1ccn(-c2ccncc2)n1)C1CC(F)(F)CN1. The predicted octanol–water partition coefficient (Wildman–Crippen LogP) is 2.05. The molecule has 3 heterocycles. The summed E-state index contributed by atoms with van der Waals surface area (Å²) in [7, 11) is 0. The van der Waals surface area contributed by atoms with Crippen molar-refractivity contribution in [2.75, 3.05) is 11.9 Å². The lowest BCUT2D eigenvalue weighted by Crippen LogP contribution is -2.35.